The Morgan fingerprint density at radius 1 is 1.07 bits per heavy atom. The topological polar surface area (TPSA) is 159 Å². The SMILES string of the molecule is C=Cc1cc(C=O)c(-c2ccc(C(=O)NCC3CC3)nc2C(=O)OCCOC(=O)C(NC(=O)OC(C)(C)C)C(C)CC)cc1OC. The molecular formula is C34H43N3O9. The van der Waals surface area contributed by atoms with Gasteiger partial charge >= 0.3 is 18.0 Å². The molecule has 1 fully saturated rings. The molecule has 1 aromatic heterocycles. The lowest BCUT2D eigenvalue weighted by atomic mass is 9.95. The molecule has 12 nitrogen and oxygen atoms in total. The molecule has 46 heavy (non-hydrogen) atoms. The molecule has 1 aliphatic rings. The number of benzene rings is 1. The highest BCUT2D eigenvalue weighted by atomic mass is 16.6. The largest absolute Gasteiger partial charge is 0.496 e. The van der Waals surface area contributed by atoms with E-state index in [2.05, 4.69) is 22.2 Å². The van der Waals surface area contributed by atoms with E-state index in [-0.39, 0.29) is 41.6 Å². The minimum absolute atomic E-state index is 0.00489. The zero-order valence-electron chi connectivity index (χ0n) is 27.3. The normalized spacial score (nSPS) is 13.9. The maximum Gasteiger partial charge on any atom is 0.408 e. The van der Waals surface area contributed by atoms with Crippen LogP contribution in [0.3, 0.4) is 0 Å². The Labute approximate surface area is 269 Å². The lowest BCUT2D eigenvalue weighted by molar-refractivity contribution is -0.148. The number of methoxy groups -OCH3 is 1. The second-order valence-electron chi connectivity index (χ2n) is 12.1. The number of rotatable bonds is 15. The zero-order chi connectivity index (χ0) is 34.0. The highest BCUT2D eigenvalue weighted by molar-refractivity contribution is 6.01. The summed E-state index contributed by atoms with van der Waals surface area (Å²) in [5, 5.41) is 5.38. The molecular weight excluding hydrogens is 594 g/mol. The number of pyridine rings is 1. The molecule has 0 aliphatic heterocycles. The Hall–Kier alpha value is -4.74. The van der Waals surface area contributed by atoms with Crippen LogP contribution in [0.15, 0.2) is 30.8 Å². The van der Waals surface area contributed by atoms with Gasteiger partial charge in [-0.05, 0) is 75.3 Å². The third-order valence-electron chi connectivity index (χ3n) is 7.31. The van der Waals surface area contributed by atoms with Gasteiger partial charge in [0.05, 0.1) is 7.11 Å². The molecule has 0 bridgehead atoms. The average Bonchev–Trinajstić information content (AvgIpc) is 3.86. The van der Waals surface area contributed by atoms with E-state index in [1.807, 2.05) is 6.92 Å². The van der Waals surface area contributed by atoms with Crippen LogP contribution in [-0.4, -0.2) is 73.7 Å². The Morgan fingerprint density at radius 2 is 1.76 bits per heavy atom. The molecule has 2 amide bonds. The van der Waals surface area contributed by atoms with Gasteiger partial charge in [0.2, 0.25) is 0 Å². The Bertz CT molecular complexity index is 1460. The summed E-state index contributed by atoms with van der Waals surface area (Å²) in [6.45, 7) is 12.4. The molecule has 2 unspecified atom stereocenters. The highest BCUT2D eigenvalue weighted by Crippen LogP contribution is 2.33. The monoisotopic (exact) mass is 637 g/mol. The number of carbonyl (C=O) groups excluding carboxylic acids is 5. The fraction of sp³-hybridized carbons (Fsp3) is 0.471. The van der Waals surface area contributed by atoms with E-state index in [9.17, 15) is 24.0 Å². The summed E-state index contributed by atoms with van der Waals surface area (Å²) in [6.07, 6.45) is 4.07. The number of alkyl carbamates (subject to hydrolysis) is 1. The zero-order valence-corrected chi connectivity index (χ0v) is 27.3. The number of aromatic nitrogens is 1. The summed E-state index contributed by atoms with van der Waals surface area (Å²) < 4.78 is 21.5. The van der Waals surface area contributed by atoms with E-state index >= 15 is 0 Å². The number of hydrogen-bond acceptors (Lipinski definition) is 10. The predicted molar refractivity (Wildman–Crippen MR) is 171 cm³/mol. The van der Waals surface area contributed by atoms with Gasteiger partial charge in [-0.3, -0.25) is 9.59 Å². The van der Waals surface area contributed by atoms with Gasteiger partial charge < -0.3 is 29.6 Å². The molecule has 2 atom stereocenters. The summed E-state index contributed by atoms with van der Waals surface area (Å²) in [5.74, 6) is -1.50. The molecule has 12 heteroatoms. The molecule has 0 spiro atoms. The van der Waals surface area contributed by atoms with Crippen molar-refractivity contribution in [2.45, 2.75) is 65.5 Å². The van der Waals surface area contributed by atoms with E-state index in [1.165, 1.54) is 25.3 Å². The van der Waals surface area contributed by atoms with E-state index in [1.54, 1.807) is 39.8 Å². The first kappa shape index (κ1) is 35.7. The summed E-state index contributed by atoms with van der Waals surface area (Å²) in [7, 11) is 1.46. The van der Waals surface area contributed by atoms with Gasteiger partial charge in [0, 0.05) is 23.2 Å². The van der Waals surface area contributed by atoms with Crippen molar-refractivity contribution in [3.05, 3.63) is 53.4 Å². The van der Waals surface area contributed by atoms with Crippen molar-refractivity contribution in [1.82, 2.24) is 15.6 Å². The number of hydrogen-bond donors (Lipinski definition) is 2. The van der Waals surface area contributed by atoms with Crippen LogP contribution in [0.5, 0.6) is 5.75 Å². The molecule has 248 valence electrons. The van der Waals surface area contributed by atoms with Gasteiger partial charge in [0.15, 0.2) is 12.0 Å². The van der Waals surface area contributed by atoms with Crippen molar-refractivity contribution in [2.24, 2.45) is 11.8 Å². The first-order chi connectivity index (χ1) is 21.8. The van der Waals surface area contributed by atoms with Gasteiger partial charge in [-0.25, -0.2) is 19.4 Å². The number of carbonyl (C=O) groups is 5. The number of ether oxygens (including phenoxy) is 4. The molecule has 1 aromatic carbocycles. The summed E-state index contributed by atoms with van der Waals surface area (Å²) in [4.78, 5) is 67.8. The molecule has 1 saturated carbocycles. The maximum absolute atomic E-state index is 13.4. The van der Waals surface area contributed by atoms with Crippen molar-refractivity contribution >= 4 is 36.3 Å². The number of amides is 2. The summed E-state index contributed by atoms with van der Waals surface area (Å²) >= 11 is 0. The Balaban J connectivity index is 1.81. The third-order valence-corrected chi connectivity index (χ3v) is 7.31. The van der Waals surface area contributed by atoms with Gasteiger partial charge in [0.1, 0.15) is 36.3 Å². The first-order valence-electron chi connectivity index (χ1n) is 15.2. The number of nitrogens with one attached hydrogen (secondary N) is 2. The van der Waals surface area contributed by atoms with E-state index in [4.69, 9.17) is 18.9 Å². The molecule has 3 rings (SSSR count). The average molecular weight is 638 g/mol. The molecule has 1 aliphatic carbocycles. The minimum atomic E-state index is -0.982. The molecule has 0 radical (unpaired) electrons. The molecule has 2 aromatic rings. The Kier molecular flexibility index (Phi) is 12.4. The summed E-state index contributed by atoms with van der Waals surface area (Å²) in [6, 6.07) is 5.15. The number of esters is 2. The van der Waals surface area contributed by atoms with Crippen LogP contribution >= 0.6 is 0 Å². The van der Waals surface area contributed by atoms with Gasteiger partial charge in [-0.15, -0.1) is 0 Å². The van der Waals surface area contributed by atoms with Crippen LogP contribution in [0.25, 0.3) is 17.2 Å². The van der Waals surface area contributed by atoms with Crippen molar-refractivity contribution in [2.75, 3.05) is 26.9 Å². The quantitative estimate of drug-likeness (QED) is 0.118. The van der Waals surface area contributed by atoms with Crippen LogP contribution in [0.4, 0.5) is 4.79 Å². The smallest absolute Gasteiger partial charge is 0.408 e. The molecule has 1 heterocycles. The predicted octanol–water partition coefficient (Wildman–Crippen LogP) is 4.99. The highest BCUT2D eigenvalue weighted by Gasteiger charge is 2.30. The first-order valence-corrected chi connectivity index (χ1v) is 15.2. The lowest BCUT2D eigenvalue weighted by Gasteiger charge is -2.25. The van der Waals surface area contributed by atoms with Gasteiger partial charge in [-0.1, -0.05) is 32.9 Å². The standard InChI is InChI=1S/C34H43N3O9/c1-8-20(3)28(37-33(42)46-34(4,5)6)31(40)44-14-15-45-32(41)29-24(12-13-26(36-29)30(39)35-18-21-10-11-21)25-17-27(43-7)22(9-2)16-23(25)19-38/h9,12-13,16-17,19-21,28H,2,8,10-11,14-15,18H2,1,3-7H3,(H,35,39)(H,37,42). The number of aldehydes is 1. The third kappa shape index (κ3) is 9.88. The minimum Gasteiger partial charge on any atom is -0.496 e. The fourth-order valence-corrected chi connectivity index (χ4v) is 4.43. The van der Waals surface area contributed by atoms with E-state index < -0.39 is 35.6 Å². The van der Waals surface area contributed by atoms with Crippen LogP contribution in [0, 0.1) is 11.8 Å². The Morgan fingerprint density at radius 3 is 2.35 bits per heavy atom. The van der Waals surface area contributed by atoms with Crippen LogP contribution < -0.4 is 15.4 Å². The van der Waals surface area contributed by atoms with Crippen LogP contribution in [-0.2, 0) is 19.0 Å². The van der Waals surface area contributed by atoms with Gasteiger partial charge in [-0.2, -0.15) is 0 Å². The maximum atomic E-state index is 13.4. The van der Waals surface area contributed by atoms with Crippen molar-refractivity contribution in [3.63, 3.8) is 0 Å². The second-order valence-corrected chi connectivity index (χ2v) is 12.1. The lowest BCUT2D eigenvalue weighted by Crippen LogP contribution is -2.47. The summed E-state index contributed by atoms with van der Waals surface area (Å²) in [5.41, 5.74) is 0.393. The van der Waals surface area contributed by atoms with Crippen LogP contribution in [0.2, 0.25) is 0 Å². The van der Waals surface area contributed by atoms with Gasteiger partial charge in [0.25, 0.3) is 5.91 Å². The van der Waals surface area contributed by atoms with Crippen LogP contribution in [0.1, 0.15) is 90.8 Å². The van der Waals surface area contributed by atoms with Crippen molar-refractivity contribution in [3.8, 4) is 16.9 Å². The second kappa shape index (κ2) is 16.0. The fourth-order valence-electron chi connectivity index (χ4n) is 4.43. The molecule has 2 N–H and O–H groups in total. The van der Waals surface area contributed by atoms with E-state index in [0.717, 1.165) is 12.8 Å². The van der Waals surface area contributed by atoms with Crippen molar-refractivity contribution < 1.29 is 42.9 Å². The number of nitrogens with zero attached hydrogens (tertiary/aromatic N) is 1. The van der Waals surface area contributed by atoms with E-state index in [0.29, 0.717) is 42.0 Å². The molecule has 0 saturated heterocycles. The van der Waals surface area contributed by atoms with Crippen molar-refractivity contribution in [1.29, 1.82) is 0 Å².